The molecule has 0 amide bonds. The fraction of sp³-hybridized carbons (Fsp3) is 0.562. The summed E-state index contributed by atoms with van der Waals surface area (Å²) in [4.78, 5) is 14.7. The Morgan fingerprint density at radius 1 is 1.17 bits per heavy atom. The smallest absolute Gasteiger partial charge is 0.211 e. The lowest BCUT2D eigenvalue weighted by atomic mass is 9.72. The van der Waals surface area contributed by atoms with Gasteiger partial charge < -0.3 is 0 Å². The molecule has 0 heterocycles. The van der Waals surface area contributed by atoms with Crippen LogP contribution in [-0.4, -0.2) is 6.08 Å². The van der Waals surface area contributed by atoms with Crippen LogP contribution in [0.1, 0.15) is 62.0 Å². The van der Waals surface area contributed by atoms with Gasteiger partial charge in [-0.3, -0.25) is 0 Å². The van der Waals surface area contributed by atoms with E-state index in [1.165, 1.54) is 43.2 Å². The van der Waals surface area contributed by atoms with Gasteiger partial charge in [0.1, 0.15) is 0 Å². The predicted octanol–water partition coefficient (Wildman–Crippen LogP) is 4.06. The highest BCUT2D eigenvalue weighted by atomic mass is 16.1. The van der Waals surface area contributed by atoms with E-state index in [2.05, 4.69) is 29.3 Å². The molecule has 0 N–H and O–H groups in total. The van der Waals surface area contributed by atoms with Crippen molar-refractivity contribution in [1.29, 1.82) is 0 Å². The van der Waals surface area contributed by atoms with Crippen LogP contribution in [0.4, 0.5) is 0 Å². The van der Waals surface area contributed by atoms with E-state index >= 15 is 0 Å². The molecule has 0 atom stereocenters. The van der Waals surface area contributed by atoms with Crippen molar-refractivity contribution in [3.05, 3.63) is 35.4 Å². The van der Waals surface area contributed by atoms with Crippen LogP contribution in [-0.2, 0) is 10.3 Å². The van der Waals surface area contributed by atoms with Crippen LogP contribution in [0.2, 0.25) is 0 Å². The third-order valence-electron chi connectivity index (χ3n) is 4.69. The fourth-order valence-electron chi connectivity index (χ4n) is 3.41. The first kappa shape index (κ1) is 11.7. The molecule has 2 saturated carbocycles. The van der Waals surface area contributed by atoms with Gasteiger partial charge in [0.2, 0.25) is 6.08 Å². The van der Waals surface area contributed by atoms with Crippen molar-refractivity contribution < 1.29 is 4.79 Å². The van der Waals surface area contributed by atoms with Gasteiger partial charge in [0, 0.05) is 0 Å². The van der Waals surface area contributed by atoms with Crippen LogP contribution < -0.4 is 0 Å². The Hall–Kier alpha value is -1.40. The predicted molar refractivity (Wildman–Crippen MR) is 71.3 cm³/mol. The zero-order valence-corrected chi connectivity index (χ0v) is 10.7. The molecule has 2 heteroatoms. The minimum atomic E-state index is -0.240. The maximum Gasteiger partial charge on any atom is 0.235 e. The Morgan fingerprint density at radius 2 is 1.94 bits per heavy atom. The van der Waals surface area contributed by atoms with Gasteiger partial charge in [-0.05, 0) is 49.1 Å². The second-order valence-electron chi connectivity index (χ2n) is 5.70. The molecule has 0 spiro atoms. The summed E-state index contributed by atoms with van der Waals surface area (Å²) in [5.41, 5.74) is 2.43. The van der Waals surface area contributed by atoms with E-state index < -0.39 is 0 Å². The normalized spacial score (nSPS) is 22.2. The standard InChI is InChI=1S/C16H19NO/c18-12-17-16(9-4-10-16)15-8-3-7-14(11-15)13-5-1-2-6-13/h3,7-8,11,13H,1-2,4-6,9-10H2. The van der Waals surface area contributed by atoms with E-state index in [9.17, 15) is 4.79 Å². The number of rotatable bonds is 3. The molecule has 1 aromatic rings. The van der Waals surface area contributed by atoms with Crippen LogP contribution >= 0.6 is 0 Å². The highest BCUT2D eigenvalue weighted by molar-refractivity contribution is 5.41. The van der Waals surface area contributed by atoms with E-state index in [-0.39, 0.29) is 5.54 Å². The minimum Gasteiger partial charge on any atom is -0.211 e. The highest BCUT2D eigenvalue weighted by Gasteiger charge is 2.39. The van der Waals surface area contributed by atoms with Gasteiger partial charge >= 0.3 is 0 Å². The average molecular weight is 241 g/mol. The quantitative estimate of drug-likeness (QED) is 0.579. The fourth-order valence-corrected chi connectivity index (χ4v) is 3.41. The molecule has 0 aromatic heterocycles. The third-order valence-corrected chi connectivity index (χ3v) is 4.69. The number of isocyanates is 1. The molecular formula is C16H19NO. The number of hydrogen-bond acceptors (Lipinski definition) is 2. The molecule has 0 saturated heterocycles. The lowest BCUT2D eigenvalue weighted by Crippen LogP contribution is -2.31. The van der Waals surface area contributed by atoms with Crippen molar-refractivity contribution in [2.75, 3.05) is 0 Å². The van der Waals surface area contributed by atoms with Crippen LogP contribution in [0.5, 0.6) is 0 Å². The van der Waals surface area contributed by atoms with Crippen molar-refractivity contribution in [3.63, 3.8) is 0 Å². The van der Waals surface area contributed by atoms with Gasteiger partial charge in [-0.2, -0.15) is 4.99 Å². The molecule has 2 aliphatic carbocycles. The molecule has 3 rings (SSSR count). The second-order valence-corrected chi connectivity index (χ2v) is 5.70. The summed E-state index contributed by atoms with van der Waals surface area (Å²) >= 11 is 0. The van der Waals surface area contributed by atoms with Crippen molar-refractivity contribution in [2.45, 2.75) is 56.4 Å². The highest BCUT2D eigenvalue weighted by Crippen LogP contribution is 2.45. The van der Waals surface area contributed by atoms with E-state index in [0.29, 0.717) is 0 Å². The summed E-state index contributed by atoms with van der Waals surface area (Å²) in [6.07, 6.45) is 10.3. The van der Waals surface area contributed by atoms with Crippen molar-refractivity contribution in [2.24, 2.45) is 4.99 Å². The van der Waals surface area contributed by atoms with Gasteiger partial charge in [-0.25, -0.2) is 4.79 Å². The topological polar surface area (TPSA) is 29.4 Å². The Balaban J connectivity index is 1.92. The van der Waals surface area contributed by atoms with Crippen LogP contribution in [0, 0.1) is 0 Å². The van der Waals surface area contributed by atoms with E-state index in [1.54, 1.807) is 6.08 Å². The molecule has 0 unspecified atom stereocenters. The summed E-state index contributed by atoms with van der Waals surface area (Å²) in [5, 5.41) is 0. The number of nitrogens with zero attached hydrogens (tertiary/aromatic N) is 1. The van der Waals surface area contributed by atoms with Crippen LogP contribution in [0.25, 0.3) is 0 Å². The lowest BCUT2D eigenvalue weighted by Gasteiger charge is -2.37. The first-order valence-electron chi connectivity index (χ1n) is 7.03. The summed E-state index contributed by atoms with van der Waals surface area (Å²) in [5.74, 6) is 0.724. The van der Waals surface area contributed by atoms with Gasteiger partial charge in [0.25, 0.3) is 0 Å². The Labute approximate surface area is 108 Å². The number of aliphatic imine (C=N–C) groups is 1. The van der Waals surface area contributed by atoms with Gasteiger partial charge in [0.05, 0.1) is 5.54 Å². The van der Waals surface area contributed by atoms with E-state index in [0.717, 1.165) is 18.8 Å². The number of hydrogen-bond donors (Lipinski definition) is 0. The van der Waals surface area contributed by atoms with Crippen molar-refractivity contribution in [1.82, 2.24) is 0 Å². The minimum absolute atomic E-state index is 0.240. The molecule has 0 bridgehead atoms. The summed E-state index contributed by atoms with van der Waals surface area (Å²) in [6.45, 7) is 0. The molecular weight excluding hydrogens is 222 g/mol. The van der Waals surface area contributed by atoms with Crippen LogP contribution in [0.3, 0.4) is 0 Å². The summed E-state index contributed by atoms with van der Waals surface area (Å²) in [6, 6.07) is 8.77. The summed E-state index contributed by atoms with van der Waals surface area (Å²) in [7, 11) is 0. The van der Waals surface area contributed by atoms with Crippen molar-refractivity contribution >= 4 is 6.08 Å². The maximum absolute atomic E-state index is 10.6. The van der Waals surface area contributed by atoms with E-state index in [4.69, 9.17) is 0 Å². The molecule has 0 aliphatic heterocycles. The second kappa shape index (κ2) is 4.70. The van der Waals surface area contributed by atoms with Crippen molar-refractivity contribution in [3.8, 4) is 0 Å². The molecule has 18 heavy (non-hydrogen) atoms. The number of benzene rings is 1. The molecule has 1 aromatic carbocycles. The third kappa shape index (κ3) is 1.91. The molecule has 2 fully saturated rings. The Kier molecular flexibility index (Phi) is 3.05. The van der Waals surface area contributed by atoms with Gasteiger partial charge in [-0.15, -0.1) is 0 Å². The zero-order valence-electron chi connectivity index (χ0n) is 10.7. The largest absolute Gasteiger partial charge is 0.235 e. The Bertz CT molecular complexity index is 478. The summed E-state index contributed by atoms with van der Waals surface area (Å²) < 4.78 is 0. The molecule has 2 aliphatic rings. The van der Waals surface area contributed by atoms with Gasteiger partial charge in [-0.1, -0.05) is 37.1 Å². The average Bonchev–Trinajstić information content (AvgIpc) is 2.88. The first-order valence-corrected chi connectivity index (χ1v) is 7.03. The maximum atomic E-state index is 10.6. The SMILES string of the molecule is O=C=NC1(c2cccc(C3CCCC3)c2)CCC1. The molecule has 94 valence electrons. The first-order chi connectivity index (χ1) is 8.84. The zero-order chi connectivity index (χ0) is 12.4. The molecule has 0 radical (unpaired) electrons. The monoisotopic (exact) mass is 241 g/mol. The van der Waals surface area contributed by atoms with Crippen LogP contribution in [0.15, 0.2) is 29.3 Å². The van der Waals surface area contributed by atoms with Gasteiger partial charge in [0.15, 0.2) is 0 Å². The lowest BCUT2D eigenvalue weighted by molar-refractivity contribution is 0.255. The molecule has 2 nitrogen and oxygen atoms in total. The number of carbonyl (C=O) groups excluding carboxylic acids is 1. The van der Waals surface area contributed by atoms with E-state index in [1.807, 2.05) is 0 Å². The Morgan fingerprint density at radius 3 is 2.56 bits per heavy atom.